The molecule has 0 bridgehead atoms. The van der Waals surface area contributed by atoms with E-state index >= 15 is 0 Å². The third-order valence-electron chi connectivity index (χ3n) is 10.4. The van der Waals surface area contributed by atoms with Crippen molar-refractivity contribution in [1.82, 2.24) is 9.55 Å². The predicted molar refractivity (Wildman–Crippen MR) is 176 cm³/mol. The second kappa shape index (κ2) is 11.9. The fourth-order valence-electron chi connectivity index (χ4n) is 8.54. The number of esters is 1. The van der Waals surface area contributed by atoms with Crippen molar-refractivity contribution < 1.29 is 14.3 Å². The van der Waals surface area contributed by atoms with E-state index in [0.29, 0.717) is 29.9 Å². The van der Waals surface area contributed by atoms with Crippen LogP contribution in [0.4, 0.5) is 5.69 Å². The lowest BCUT2D eigenvalue weighted by Crippen LogP contribution is -2.45. The summed E-state index contributed by atoms with van der Waals surface area (Å²) in [6.07, 6.45) is 14.6. The van der Waals surface area contributed by atoms with Crippen molar-refractivity contribution in [3.05, 3.63) is 88.9 Å². The zero-order valence-corrected chi connectivity index (χ0v) is 26.5. The van der Waals surface area contributed by atoms with E-state index in [0.717, 1.165) is 40.0 Å². The molecule has 230 valence electrons. The van der Waals surface area contributed by atoms with Crippen LogP contribution in [-0.4, -0.2) is 34.2 Å². The number of carbonyl (C=O) groups excluding carboxylic acids is 1. The average Bonchev–Trinajstić information content (AvgIpc) is 3.52. The lowest BCUT2D eigenvalue weighted by Gasteiger charge is -2.44. The van der Waals surface area contributed by atoms with Gasteiger partial charge in [-0.05, 0) is 76.8 Å². The number of hydrogen-bond donors (Lipinski definition) is 0. The number of fused-ring (bicyclic) bond motifs is 2. The van der Waals surface area contributed by atoms with Crippen LogP contribution in [0.3, 0.4) is 0 Å². The minimum atomic E-state index is -1.23. The summed E-state index contributed by atoms with van der Waals surface area (Å²) in [6, 6.07) is 19.9. The zero-order chi connectivity index (χ0) is 30.3. The molecular formula is C38H45N3O3. The first-order valence-corrected chi connectivity index (χ1v) is 16.9. The Morgan fingerprint density at radius 2 is 1.64 bits per heavy atom. The molecule has 4 aromatic rings. The number of rotatable bonds is 8. The fraction of sp³-hybridized carbons (Fsp3) is 0.474. The molecule has 7 rings (SSSR count). The molecule has 2 aromatic carbocycles. The minimum absolute atomic E-state index is 0.349. The molecule has 1 unspecified atom stereocenters. The molecule has 0 saturated heterocycles. The van der Waals surface area contributed by atoms with Gasteiger partial charge in [0.2, 0.25) is 5.60 Å². The lowest BCUT2D eigenvalue weighted by atomic mass is 9.80. The molecule has 0 radical (unpaired) electrons. The number of pyridine rings is 1. The molecule has 6 heteroatoms. The van der Waals surface area contributed by atoms with Gasteiger partial charge in [0.1, 0.15) is 11.4 Å². The van der Waals surface area contributed by atoms with Gasteiger partial charge in [-0.15, -0.1) is 0 Å². The van der Waals surface area contributed by atoms with E-state index in [-0.39, 0.29) is 5.97 Å². The van der Waals surface area contributed by atoms with Gasteiger partial charge in [-0.25, -0.2) is 4.79 Å². The van der Waals surface area contributed by atoms with Crippen LogP contribution in [0.25, 0.3) is 10.9 Å². The van der Waals surface area contributed by atoms with Crippen LogP contribution >= 0.6 is 0 Å². The van der Waals surface area contributed by atoms with Crippen molar-refractivity contribution in [1.29, 1.82) is 0 Å². The van der Waals surface area contributed by atoms with Gasteiger partial charge in [0.15, 0.2) is 0 Å². The molecular weight excluding hydrogens is 546 g/mol. The number of hydrogen-bond acceptors (Lipinski definition) is 5. The van der Waals surface area contributed by atoms with Crippen molar-refractivity contribution in [2.45, 2.75) is 109 Å². The van der Waals surface area contributed by atoms with Gasteiger partial charge >= 0.3 is 5.97 Å². The predicted octanol–water partition coefficient (Wildman–Crippen LogP) is 8.70. The quantitative estimate of drug-likeness (QED) is 0.192. The smallest absolute Gasteiger partial charge is 0.341 e. The SMILES string of the molecule is CCOc1cc(N(C2CCCCC2)C2CCCCC2)ccc1C1(c2c(C)n(CC)c3ccccc23)OC(=O)c2cccnc21. The summed E-state index contributed by atoms with van der Waals surface area (Å²) in [6.45, 7) is 7.65. The van der Waals surface area contributed by atoms with Crippen LogP contribution < -0.4 is 9.64 Å². The van der Waals surface area contributed by atoms with Crippen molar-refractivity contribution in [2.75, 3.05) is 11.5 Å². The number of aromatic nitrogens is 2. The summed E-state index contributed by atoms with van der Waals surface area (Å²) < 4.78 is 15.5. The Labute approximate surface area is 261 Å². The number of ether oxygens (including phenoxy) is 2. The van der Waals surface area contributed by atoms with Gasteiger partial charge < -0.3 is 18.9 Å². The Kier molecular flexibility index (Phi) is 7.86. The molecule has 3 aliphatic rings. The van der Waals surface area contributed by atoms with E-state index in [1.54, 1.807) is 6.20 Å². The molecule has 44 heavy (non-hydrogen) atoms. The third-order valence-corrected chi connectivity index (χ3v) is 10.4. The molecule has 2 saturated carbocycles. The maximum absolute atomic E-state index is 13.7. The van der Waals surface area contributed by atoms with Crippen LogP contribution in [-0.2, 0) is 16.9 Å². The maximum Gasteiger partial charge on any atom is 0.341 e. The Balaban J connectivity index is 1.47. The first-order valence-electron chi connectivity index (χ1n) is 16.9. The Morgan fingerprint density at radius 1 is 0.932 bits per heavy atom. The molecule has 1 aliphatic heterocycles. The van der Waals surface area contributed by atoms with E-state index < -0.39 is 5.60 Å². The van der Waals surface area contributed by atoms with Crippen LogP contribution in [0.15, 0.2) is 60.8 Å². The minimum Gasteiger partial charge on any atom is -0.493 e. The Morgan fingerprint density at radius 3 is 2.32 bits per heavy atom. The molecule has 2 aromatic heterocycles. The third kappa shape index (κ3) is 4.60. The van der Waals surface area contributed by atoms with Gasteiger partial charge in [0.05, 0.1) is 12.2 Å². The molecule has 1 atom stereocenters. The topological polar surface area (TPSA) is 56.6 Å². The standard InChI is InChI=1S/C38H45N3O3/c1-4-40-26(3)35(30-19-12-13-21-33(30)40)38(36-31(37(42)44-38)20-14-24-39-36)32-23-22-29(25-34(32)43-5-2)41(27-15-8-6-9-16-27)28-17-10-7-11-18-28/h12-14,19-25,27-28H,4-11,15-18H2,1-3H3. The summed E-state index contributed by atoms with van der Waals surface area (Å²) in [5.41, 5.74) is 5.13. The first kappa shape index (κ1) is 28.9. The molecule has 3 heterocycles. The number of anilines is 1. The van der Waals surface area contributed by atoms with Gasteiger partial charge in [0.25, 0.3) is 0 Å². The summed E-state index contributed by atoms with van der Waals surface area (Å²) in [4.78, 5) is 21.3. The summed E-state index contributed by atoms with van der Waals surface area (Å²) in [5, 5.41) is 1.07. The zero-order valence-electron chi connectivity index (χ0n) is 26.5. The van der Waals surface area contributed by atoms with Crippen LogP contribution in [0, 0.1) is 6.92 Å². The lowest BCUT2D eigenvalue weighted by molar-refractivity contribution is 0.0238. The number of cyclic esters (lactones) is 1. The van der Waals surface area contributed by atoms with Crippen molar-refractivity contribution in [3.8, 4) is 5.75 Å². The van der Waals surface area contributed by atoms with E-state index in [4.69, 9.17) is 14.5 Å². The van der Waals surface area contributed by atoms with Gasteiger partial charge in [-0.3, -0.25) is 4.98 Å². The molecule has 0 N–H and O–H groups in total. The monoisotopic (exact) mass is 591 g/mol. The van der Waals surface area contributed by atoms with Gasteiger partial charge in [0, 0.05) is 64.3 Å². The van der Waals surface area contributed by atoms with Crippen LogP contribution in [0.5, 0.6) is 5.75 Å². The number of carbonyl (C=O) groups is 1. The molecule has 0 spiro atoms. The second-order valence-corrected chi connectivity index (χ2v) is 12.8. The normalized spacial score (nSPS) is 20.9. The highest BCUT2D eigenvalue weighted by Gasteiger charge is 2.54. The maximum atomic E-state index is 13.7. The second-order valence-electron chi connectivity index (χ2n) is 12.8. The molecule has 2 aliphatic carbocycles. The van der Waals surface area contributed by atoms with E-state index in [1.165, 1.54) is 69.9 Å². The highest BCUT2D eigenvalue weighted by Crippen LogP contribution is 2.53. The summed E-state index contributed by atoms with van der Waals surface area (Å²) >= 11 is 0. The Hall–Kier alpha value is -3.80. The number of nitrogens with zero attached hydrogens (tertiary/aromatic N) is 3. The highest BCUT2D eigenvalue weighted by atomic mass is 16.6. The van der Waals surface area contributed by atoms with Gasteiger partial charge in [-0.2, -0.15) is 0 Å². The largest absolute Gasteiger partial charge is 0.493 e. The van der Waals surface area contributed by atoms with E-state index in [9.17, 15) is 4.79 Å². The van der Waals surface area contributed by atoms with Crippen LogP contribution in [0.1, 0.15) is 111 Å². The van der Waals surface area contributed by atoms with Crippen molar-refractivity contribution in [3.63, 3.8) is 0 Å². The molecule has 6 nitrogen and oxygen atoms in total. The average molecular weight is 592 g/mol. The highest BCUT2D eigenvalue weighted by molar-refractivity contribution is 5.98. The molecule has 0 amide bonds. The number of para-hydroxylation sites is 1. The summed E-state index contributed by atoms with van der Waals surface area (Å²) in [7, 11) is 0. The van der Waals surface area contributed by atoms with Gasteiger partial charge in [-0.1, -0.05) is 56.7 Å². The number of aryl methyl sites for hydroxylation is 1. The first-order chi connectivity index (χ1) is 21.6. The number of benzene rings is 2. The Bertz CT molecular complexity index is 1650. The molecule has 2 fully saturated rings. The van der Waals surface area contributed by atoms with Crippen molar-refractivity contribution in [2.24, 2.45) is 0 Å². The van der Waals surface area contributed by atoms with Crippen molar-refractivity contribution >= 4 is 22.6 Å². The van der Waals surface area contributed by atoms with E-state index in [2.05, 4.69) is 65.8 Å². The fourth-order valence-corrected chi connectivity index (χ4v) is 8.54. The van der Waals surface area contributed by atoms with E-state index in [1.807, 2.05) is 19.1 Å². The summed E-state index contributed by atoms with van der Waals surface area (Å²) in [5.74, 6) is 0.416. The van der Waals surface area contributed by atoms with Crippen LogP contribution in [0.2, 0.25) is 0 Å².